The Kier molecular flexibility index (Phi) is 4.15. The first kappa shape index (κ1) is 12.3. The van der Waals surface area contributed by atoms with Crippen molar-refractivity contribution in [2.45, 2.75) is 0 Å². The molecule has 5 heteroatoms. The summed E-state index contributed by atoms with van der Waals surface area (Å²) in [6.07, 6.45) is 5.01. The van der Waals surface area contributed by atoms with Crippen LogP contribution in [0.5, 0.6) is 5.75 Å². The van der Waals surface area contributed by atoms with Crippen molar-refractivity contribution >= 4 is 17.5 Å². The van der Waals surface area contributed by atoms with Crippen LogP contribution in [0.15, 0.2) is 12.1 Å². The fraction of sp³-hybridized carbons (Fsp3) is 0.182. The molecule has 1 aromatic carbocycles. The molecule has 1 N–H and O–H groups in total. The molecular weight excluding hydrogens is 233 g/mol. The molecule has 0 saturated heterocycles. The van der Waals surface area contributed by atoms with Crippen molar-refractivity contribution < 1.29 is 13.9 Å². The average molecular weight is 242 g/mol. The predicted molar refractivity (Wildman–Crippen MR) is 59.1 cm³/mol. The lowest BCUT2D eigenvalue weighted by Crippen LogP contribution is -2.19. The number of ether oxygens (including phenoxy) is 1. The normalized spacial score (nSPS) is 9.38. The number of halogens is 2. The highest BCUT2D eigenvalue weighted by Crippen LogP contribution is 2.27. The van der Waals surface area contributed by atoms with Crippen LogP contribution in [0.3, 0.4) is 0 Å². The van der Waals surface area contributed by atoms with E-state index in [2.05, 4.69) is 11.2 Å². The van der Waals surface area contributed by atoms with Gasteiger partial charge in [-0.1, -0.05) is 17.5 Å². The van der Waals surface area contributed by atoms with Crippen molar-refractivity contribution in [2.24, 2.45) is 0 Å². The molecule has 0 saturated carbocycles. The molecule has 0 spiro atoms. The first-order valence-corrected chi connectivity index (χ1v) is 4.75. The second-order valence-electron chi connectivity index (χ2n) is 2.83. The Morgan fingerprint density at radius 3 is 2.94 bits per heavy atom. The van der Waals surface area contributed by atoms with E-state index in [9.17, 15) is 9.18 Å². The molecule has 0 atom stereocenters. The molecule has 0 radical (unpaired) electrons. The van der Waals surface area contributed by atoms with Gasteiger partial charge in [-0.3, -0.25) is 4.79 Å². The third kappa shape index (κ3) is 2.65. The number of nitrogens with one attached hydrogen (secondary N) is 1. The lowest BCUT2D eigenvalue weighted by molar-refractivity contribution is 0.0958. The largest absolute Gasteiger partial charge is 0.479 e. The van der Waals surface area contributed by atoms with E-state index in [-0.39, 0.29) is 22.9 Å². The number of hydrogen-bond acceptors (Lipinski definition) is 2. The number of carbonyl (C=O) groups excluding carboxylic acids is 1. The summed E-state index contributed by atoms with van der Waals surface area (Å²) in [5, 5.41) is 2.38. The van der Waals surface area contributed by atoms with Crippen molar-refractivity contribution in [3.8, 4) is 18.1 Å². The van der Waals surface area contributed by atoms with Gasteiger partial charge >= 0.3 is 0 Å². The molecule has 0 fully saturated rings. The van der Waals surface area contributed by atoms with Crippen molar-refractivity contribution in [1.82, 2.24) is 5.32 Å². The van der Waals surface area contributed by atoms with Crippen LogP contribution in [0.4, 0.5) is 4.39 Å². The maximum atomic E-state index is 13.3. The molecule has 0 aromatic heterocycles. The summed E-state index contributed by atoms with van der Waals surface area (Å²) < 4.78 is 18.4. The Labute approximate surface area is 97.5 Å². The molecule has 0 bridgehead atoms. The summed E-state index contributed by atoms with van der Waals surface area (Å²) in [7, 11) is 1.40. The summed E-state index contributed by atoms with van der Waals surface area (Å²) in [4.78, 5) is 11.3. The van der Waals surface area contributed by atoms with E-state index in [0.29, 0.717) is 0 Å². The highest BCUT2D eigenvalue weighted by molar-refractivity contribution is 6.32. The van der Waals surface area contributed by atoms with Crippen molar-refractivity contribution in [2.75, 3.05) is 13.7 Å². The van der Waals surface area contributed by atoms with E-state index < -0.39 is 11.7 Å². The summed E-state index contributed by atoms with van der Waals surface area (Å²) in [5.74, 6) is 1.16. The summed E-state index contributed by atoms with van der Waals surface area (Å²) in [6, 6.07) is 2.23. The zero-order valence-corrected chi connectivity index (χ0v) is 9.27. The molecule has 1 amide bonds. The first-order chi connectivity index (χ1) is 7.60. The van der Waals surface area contributed by atoms with Crippen molar-refractivity contribution in [3.05, 3.63) is 28.5 Å². The van der Waals surface area contributed by atoms with Gasteiger partial charge in [0.15, 0.2) is 0 Å². The molecule has 1 rings (SSSR count). The minimum atomic E-state index is -0.711. The Balaban J connectivity index is 3.12. The van der Waals surface area contributed by atoms with Crippen LogP contribution in [0.1, 0.15) is 10.4 Å². The molecule has 3 nitrogen and oxygen atoms in total. The summed E-state index contributed by atoms with van der Waals surface area (Å²) >= 11 is 5.72. The molecule has 0 heterocycles. The van der Waals surface area contributed by atoms with Gasteiger partial charge in [-0.05, 0) is 12.1 Å². The lowest BCUT2D eigenvalue weighted by Gasteiger charge is -2.08. The SMILES string of the molecule is C#CCOc1cc(C(=O)NC)c(F)cc1Cl. The van der Waals surface area contributed by atoms with Gasteiger partial charge in [-0.15, -0.1) is 6.42 Å². The average Bonchev–Trinajstić information content (AvgIpc) is 2.27. The van der Waals surface area contributed by atoms with Crippen LogP contribution in [0.2, 0.25) is 5.02 Å². The Morgan fingerprint density at radius 1 is 1.69 bits per heavy atom. The number of hydrogen-bond donors (Lipinski definition) is 1. The summed E-state index contributed by atoms with van der Waals surface area (Å²) in [6.45, 7) is -0.00145. The third-order valence-electron chi connectivity index (χ3n) is 1.80. The monoisotopic (exact) mass is 241 g/mol. The topological polar surface area (TPSA) is 38.3 Å². The molecule has 1 aromatic rings. The van der Waals surface area contributed by atoms with E-state index in [0.717, 1.165) is 6.07 Å². The van der Waals surface area contributed by atoms with E-state index >= 15 is 0 Å². The number of amides is 1. The molecule has 84 valence electrons. The van der Waals surface area contributed by atoms with Gasteiger partial charge in [-0.25, -0.2) is 4.39 Å². The van der Waals surface area contributed by atoms with E-state index in [1.165, 1.54) is 13.1 Å². The van der Waals surface area contributed by atoms with Crippen LogP contribution in [0, 0.1) is 18.2 Å². The summed E-state index contributed by atoms with van der Waals surface area (Å²) in [5.41, 5.74) is -0.140. The molecule has 16 heavy (non-hydrogen) atoms. The Hall–Kier alpha value is -1.73. The van der Waals surface area contributed by atoms with Gasteiger partial charge in [0, 0.05) is 7.05 Å². The quantitative estimate of drug-likeness (QED) is 0.821. The maximum Gasteiger partial charge on any atom is 0.254 e. The Bertz CT molecular complexity index is 454. The van der Waals surface area contributed by atoms with Gasteiger partial charge in [0.2, 0.25) is 0 Å². The van der Waals surface area contributed by atoms with Gasteiger partial charge < -0.3 is 10.1 Å². The van der Waals surface area contributed by atoms with E-state index in [1.54, 1.807) is 0 Å². The zero-order valence-electron chi connectivity index (χ0n) is 8.51. The van der Waals surface area contributed by atoms with Gasteiger partial charge in [0.05, 0.1) is 10.6 Å². The zero-order chi connectivity index (χ0) is 12.1. The molecule has 0 aliphatic rings. The van der Waals surface area contributed by atoms with Gasteiger partial charge in [0.25, 0.3) is 5.91 Å². The first-order valence-electron chi connectivity index (χ1n) is 4.37. The van der Waals surface area contributed by atoms with E-state index in [4.69, 9.17) is 22.8 Å². The molecule has 0 unspecified atom stereocenters. The standard InChI is InChI=1S/C11H9ClFNO2/c1-3-4-16-10-5-7(11(15)14-2)9(13)6-8(10)12/h1,5-6H,4H2,2H3,(H,14,15). The van der Waals surface area contributed by atoms with Crippen LogP contribution < -0.4 is 10.1 Å². The number of benzene rings is 1. The number of carbonyl (C=O) groups is 1. The van der Waals surface area contributed by atoms with Crippen molar-refractivity contribution in [1.29, 1.82) is 0 Å². The minimum absolute atomic E-state index is 0.00145. The smallest absolute Gasteiger partial charge is 0.254 e. The van der Waals surface area contributed by atoms with Crippen molar-refractivity contribution in [3.63, 3.8) is 0 Å². The second-order valence-corrected chi connectivity index (χ2v) is 3.24. The highest BCUT2D eigenvalue weighted by Gasteiger charge is 2.14. The maximum absolute atomic E-state index is 13.3. The van der Waals surface area contributed by atoms with Gasteiger partial charge in [-0.2, -0.15) is 0 Å². The second kappa shape index (κ2) is 5.38. The fourth-order valence-corrected chi connectivity index (χ4v) is 1.27. The molecule has 0 aliphatic carbocycles. The lowest BCUT2D eigenvalue weighted by atomic mass is 10.2. The fourth-order valence-electron chi connectivity index (χ4n) is 1.07. The predicted octanol–water partition coefficient (Wildman–Crippen LogP) is 1.85. The van der Waals surface area contributed by atoms with Gasteiger partial charge in [0.1, 0.15) is 18.2 Å². The minimum Gasteiger partial charge on any atom is -0.479 e. The molecular formula is C11H9ClFNO2. The number of rotatable bonds is 3. The highest BCUT2D eigenvalue weighted by atomic mass is 35.5. The number of terminal acetylenes is 1. The molecule has 0 aliphatic heterocycles. The van der Waals surface area contributed by atoms with Crippen LogP contribution in [0.25, 0.3) is 0 Å². The Morgan fingerprint density at radius 2 is 2.38 bits per heavy atom. The third-order valence-corrected chi connectivity index (χ3v) is 2.10. The van der Waals surface area contributed by atoms with Crippen LogP contribution in [-0.4, -0.2) is 19.6 Å². The van der Waals surface area contributed by atoms with Crippen LogP contribution >= 0.6 is 11.6 Å². The van der Waals surface area contributed by atoms with Crippen LogP contribution in [-0.2, 0) is 0 Å². The van der Waals surface area contributed by atoms with E-state index in [1.807, 2.05) is 0 Å².